The summed E-state index contributed by atoms with van der Waals surface area (Å²) >= 11 is 0. The van der Waals surface area contributed by atoms with Gasteiger partial charge >= 0.3 is 5.97 Å². The van der Waals surface area contributed by atoms with Crippen LogP contribution < -0.4 is 5.32 Å². The van der Waals surface area contributed by atoms with E-state index in [4.69, 9.17) is 4.74 Å². The van der Waals surface area contributed by atoms with Crippen molar-refractivity contribution in [2.24, 2.45) is 0 Å². The largest absolute Gasteiger partial charge is 0.506 e. The maximum Gasteiger partial charge on any atom is 0.325 e. The average molecular weight is 260 g/mol. The second-order valence-corrected chi connectivity index (χ2v) is 4.14. The highest BCUT2D eigenvalue weighted by atomic mass is 16.5. The fraction of sp³-hybridized carbons (Fsp3) is 0.286. The smallest absolute Gasteiger partial charge is 0.325 e. The van der Waals surface area contributed by atoms with Gasteiger partial charge in [-0.25, -0.2) is 4.98 Å². The number of carbonyl (C=O) groups excluding carboxylic acids is 1. The minimum Gasteiger partial charge on any atom is -0.506 e. The van der Waals surface area contributed by atoms with E-state index in [0.29, 0.717) is 12.1 Å². The predicted octanol–water partition coefficient (Wildman–Crippen LogP) is 2.22. The highest BCUT2D eigenvalue weighted by Gasteiger charge is 2.08. The summed E-state index contributed by atoms with van der Waals surface area (Å²) in [5.74, 6) is -0.189. The van der Waals surface area contributed by atoms with Gasteiger partial charge in [-0.15, -0.1) is 0 Å². The van der Waals surface area contributed by atoms with E-state index in [9.17, 15) is 9.90 Å². The SMILES string of the molecule is CCOC(=O)CNc1cc(C)nc2c(O)cccc12. The van der Waals surface area contributed by atoms with Crippen LogP contribution in [0.15, 0.2) is 24.3 Å². The monoisotopic (exact) mass is 260 g/mol. The molecule has 0 aliphatic carbocycles. The van der Waals surface area contributed by atoms with E-state index in [1.807, 2.05) is 19.1 Å². The first-order valence-electron chi connectivity index (χ1n) is 6.10. The number of nitrogens with one attached hydrogen (secondary N) is 1. The molecule has 2 rings (SSSR count). The van der Waals surface area contributed by atoms with E-state index in [0.717, 1.165) is 16.8 Å². The molecule has 1 heterocycles. The zero-order valence-electron chi connectivity index (χ0n) is 10.9. The number of phenols is 1. The molecule has 5 nitrogen and oxygen atoms in total. The fourth-order valence-corrected chi connectivity index (χ4v) is 1.89. The van der Waals surface area contributed by atoms with Crippen molar-refractivity contribution < 1.29 is 14.6 Å². The normalized spacial score (nSPS) is 10.4. The zero-order valence-corrected chi connectivity index (χ0v) is 10.9. The van der Waals surface area contributed by atoms with Gasteiger partial charge in [0.1, 0.15) is 17.8 Å². The molecule has 0 atom stereocenters. The third-order valence-electron chi connectivity index (χ3n) is 2.67. The molecule has 0 fully saturated rings. The number of aryl methyl sites for hydroxylation is 1. The Labute approximate surface area is 111 Å². The van der Waals surface area contributed by atoms with Gasteiger partial charge in [-0.2, -0.15) is 0 Å². The Morgan fingerprint density at radius 3 is 3.00 bits per heavy atom. The van der Waals surface area contributed by atoms with Gasteiger partial charge in [0.15, 0.2) is 0 Å². The first kappa shape index (κ1) is 13.1. The molecule has 0 bridgehead atoms. The van der Waals surface area contributed by atoms with Crippen LogP contribution in [0.3, 0.4) is 0 Å². The lowest BCUT2D eigenvalue weighted by molar-refractivity contribution is -0.140. The molecule has 2 aromatic rings. The lowest BCUT2D eigenvalue weighted by Gasteiger charge is -2.11. The van der Waals surface area contributed by atoms with Crippen LogP contribution in [0.25, 0.3) is 10.9 Å². The molecule has 0 amide bonds. The summed E-state index contributed by atoms with van der Waals surface area (Å²) < 4.78 is 4.86. The number of aromatic nitrogens is 1. The highest BCUT2D eigenvalue weighted by molar-refractivity contribution is 5.95. The second kappa shape index (κ2) is 5.56. The molecule has 0 aliphatic heterocycles. The number of carbonyl (C=O) groups is 1. The Balaban J connectivity index is 2.32. The molecule has 5 heteroatoms. The minimum atomic E-state index is -0.315. The van der Waals surface area contributed by atoms with E-state index in [1.54, 1.807) is 19.1 Å². The number of phenolic OH excluding ortho intramolecular Hbond substituents is 1. The summed E-state index contributed by atoms with van der Waals surface area (Å²) in [7, 11) is 0. The first-order chi connectivity index (χ1) is 9.11. The Hall–Kier alpha value is -2.30. The zero-order chi connectivity index (χ0) is 13.8. The van der Waals surface area contributed by atoms with Gasteiger partial charge in [-0.3, -0.25) is 4.79 Å². The van der Waals surface area contributed by atoms with Crippen molar-refractivity contribution >= 4 is 22.6 Å². The molecule has 1 aromatic carbocycles. The molecule has 0 aliphatic rings. The molecule has 0 radical (unpaired) electrons. The number of hydrogen-bond donors (Lipinski definition) is 2. The van der Waals surface area contributed by atoms with Crippen molar-refractivity contribution in [3.05, 3.63) is 30.0 Å². The molecule has 1 aromatic heterocycles. The number of para-hydroxylation sites is 1. The highest BCUT2D eigenvalue weighted by Crippen LogP contribution is 2.28. The summed E-state index contributed by atoms with van der Waals surface area (Å²) in [5.41, 5.74) is 2.04. The number of aromatic hydroxyl groups is 1. The number of pyridine rings is 1. The molecule has 0 saturated heterocycles. The van der Waals surface area contributed by atoms with E-state index in [-0.39, 0.29) is 18.3 Å². The second-order valence-electron chi connectivity index (χ2n) is 4.14. The Morgan fingerprint density at radius 1 is 1.47 bits per heavy atom. The molecule has 2 N–H and O–H groups in total. The fourth-order valence-electron chi connectivity index (χ4n) is 1.89. The lowest BCUT2D eigenvalue weighted by Crippen LogP contribution is -2.17. The number of esters is 1. The maximum absolute atomic E-state index is 11.4. The maximum atomic E-state index is 11.4. The number of fused-ring (bicyclic) bond motifs is 1. The van der Waals surface area contributed by atoms with Gasteiger partial charge in [-0.05, 0) is 26.0 Å². The molecule has 0 unspecified atom stereocenters. The van der Waals surface area contributed by atoms with E-state index >= 15 is 0 Å². The van der Waals surface area contributed by atoms with E-state index < -0.39 is 0 Å². The first-order valence-corrected chi connectivity index (χ1v) is 6.10. The molecular formula is C14H16N2O3. The van der Waals surface area contributed by atoms with Crippen molar-refractivity contribution in [2.45, 2.75) is 13.8 Å². The van der Waals surface area contributed by atoms with Crippen LogP contribution in [0.5, 0.6) is 5.75 Å². The Kier molecular flexibility index (Phi) is 3.85. The summed E-state index contributed by atoms with van der Waals surface area (Å²) in [6.45, 7) is 4.04. The summed E-state index contributed by atoms with van der Waals surface area (Å²) in [5, 5.41) is 13.6. The lowest BCUT2D eigenvalue weighted by atomic mass is 10.1. The number of hydrogen-bond acceptors (Lipinski definition) is 5. The van der Waals surface area contributed by atoms with Crippen molar-refractivity contribution in [1.82, 2.24) is 4.98 Å². The quantitative estimate of drug-likeness (QED) is 0.825. The van der Waals surface area contributed by atoms with Crippen molar-refractivity contribution in [2.75, 3.05) is 18.5 Å². The van der Waals surface area contributed by atoms with E-state index in [1.165, 1.54) is 0 Å². The third-order valence-corrected chi connectivity index (χ3v) is 2.67. The summed E-state index contributed by atoms with van der Waals surface area (Å²) in [4.78, 5) is 15.6. The van der Waals surface area contributed by atoms with Crippen LogP contribution >= 0.6 is 0 Å². The van der Waals surface area contributed by atoms with Crippen molar-refractivity contribution in [3.8, 4) is 5.75 Å². The van der Waals surface area contributed by atoms with Crippen molar-refractivity contribution in [3.63, 3.8) is 0 Å². The summed E-state index contributed by atoms with van der Waals surface area (Å²) in [6, 6.07) is 7.00. The van der Waals surface area contributed by atoms with E-state index in [2.05, 4.69) is 10.3 Å². The Bertz CT molecular complexity index is 611. The molecular weight excluding hydrogens is 244 g/mol. The van der Waals surface area contributed by atoms with Crippen LogP contribution in [0.4, 0.5) is 5.69 Å². The van der Waals surface area contributed by atoms with Crippen LogP contribution in [0, 0.1) is 6.92 Å². The van der Waals surface area contributed by atoms with Gasteiger partial charge < -0.3 is 15.2 Å². The van der Waals surface area contributed by atoms with Crippen LogP contribution in [-0.4, -0.2) is 29.2 Å². The van der Waals surface area contributed by atoms with Gasteiger partial charge in [0.25, 0.3) is 0 Å². The number of anilines is 1. The van der Waals surface area contributed by atoms with Crippen LogP contribution in [0.2, 0.25) is 0 Å². The van der Waals surface area contributed by atoms with Gasteiger partial charge in [0.2, 0.25) is 0 Å². The molecule has 100 valence electrons. The van der Waals surface area contributed by atoms with Gasteiger partial charge in [-0.1, -0.05) is 12.1 Å². The third kappa shape index (κ3) is 2.93. The molecule has 0 spiro atoms. The number of nitrogens with zero attached hydrogens (tertiary/aromatic N) is 1. The average Bonchev–Trinajstić information content (AvgIpc) is 2.37. The Morgan fingerprint density at radius 2 is 2.26 bits per heavy atom. The standard InChI is InChI=1S/C14H16N2O3/c1-3-19-13(18)8-15-11-7-9(2)16-14-10(11)5-4-6-12(14)17/h4-7,17H,3,8H2,1-2H3,(H,15,16). The number of benzene rings is 1. The van der Waals surface area contributed by atoms with Crippen LogP contribution in [0.1, 0.15) is 12.6 Å². The predicted molar refractivity (Wildman–Crippen MR) is 73.3 cm³/mol. The van der Waals surface area contributed by atoms with Crippen molar-refractivity contribution in [1.29, 1.82) is 0 Å². The van der Waals surface area contributed by atoms with Gasteiger partial charge in [0.05, 0.1) is 6.61 Å². The van der Waals surface area contributed by atoms with Crippen LogP contribution in [-0.2, 0) is 9.53 Å². The number of ether oxygens (including phenoxy) is 1. The minimum absolute atomic E-state index is 0.0854. The summed E-state index contributed by atoms with van der Waals surface area (Å²) in [6.07, 6.45) is 0. The topological polar surface area (TPSA) is 71.5 Å². The molecule has 0 saturated carbocycles. The van der Waals surface area contributed by atoms with Gasteiger partial charge in [0, 0.05) is 16.8 Å². The number of rotatable bonds is 4. The molecule has 19 heavy (non-hydrogen) atoms.